The van der Waals surface area contributed by atoms with Crippen molar-refractivity contribution in [3.8, 4) is 5.75 Å². The molecule has 3 rings (SSSR count). The number of fused-ring (bicyclic) bond motifs is 1. The van der Waals surface area contributed by atoms with Crippen LogP contribution in [0.3, 0.4) is 0 Å². The minimum Gasteiger partial charge on any atom is -0.497 e. The predicted octanol–water partition coefficient (Wildman–Crippen LogP) is 7.36. The first-order chi connectivity index (χ1) is 13.1. The molecule has 0 amide bonds. The van der Waals surface area contributed by atoms with E-state index < -0.39 is 10.0 Å². The second-order valence-electron chi connectivity index (χ2n) is 6.21. The Morgan fingerprint density at radius 3 is 2.18 bits per heavy atom. The molecule has 1 aliphatic rings. The van der Waals surface area contributed by atoms with E-state index >= 15 is 0 Å². The lowest BCUT2D eigenvalue weighted by atomic mass is 10.1. The topological polar surface area (TPSA) is 46.6 Å². The van der Waals surface area contributed by atoms with Gasteiger partial charge in [0.05, 0.1) is 17.7 Å². The van der Waals surface area contributed by atoms with Crippen LogP contribution in [0.1, 0.15) is 22.3 Å². The van der Waals surface area contributed by atoms with E-state index in [0.29, 0.717) is 33.6 Å². The van der Waals surface area contributed by atoms with Crippen LogP contribution in [-0.2, 0) is 21.8 Å². The third-order valence-electron chi connectivity index (χ3n) is 4.37. The molecule has 4 nitrogen and oxygen atoms in total. The van der Waals surface area contributed by atoms with Crippen molar-refractivity contribution in [2.75, 3.05) is 18.0 Å². The lowest BCUT2D eigenvalue weighted by Gasteiger charge is -2.23. The molecule has 0 bridgehead atoms. The average Bonchev–Trinajstić information content (AvgIpc) is 3.04. The minimum absolute atomic E-state index is 0.183. The number of methoxy groups -OCH3 is 1. The number of aryl methyl sites for hydroxylation is 2. The highest BCUT2D eigenvalue weighted by Crippen LogP contribution is 2.59. The highest BCUT2D eigenvalue weighted by Gasteiger charge is 2.33. The summed E-state index contributed by atoms with van der Waals surface area (Å²) >= 11 is 12.9. The molecular weight excluding hydrogens is 661 g/mol. The number of anilines is 1. The molecule has 0 saturated heterocycles. The van der Waals surface area contributed by atoms with Gasteiger partial charge in [0.15, 0.2) is 0 Å². The number of alkyl halides is 1. The molecule has 0 aliphatic carbocycles. The fraction of sp³-hybridized carbons (Fsp3) is 0.333. The molecule has 0 spiro atoms. The first-order valence-electron chi connectivity index (χ1n) is 8.25. The average molecular weight is 681 g/mol. The van der Waals surface area contributed by atoms with E-state index in [9.17, 15) is 8.42 Å². The zero-order chi connectivity index (χ0) is 21.1. The SMILES string of the molecule is BrP(Br)Br.COc1cc(C)c(S(=O)(=O)N2CCc3ccc(CBr)cc32)c(C)c1. The molecule has 10 heteroatoms. The van der Waals surface area contributed by atoms with E-state index in [1.807, 2.05) is 32.0 Å². The number of sulfonamides is 1. The number of ether oxygens (including phenoxy) is 1. The van der Waals surface area contributed by atoms with Crippen molar-refractivity contribution in [1.82, 2.24) is 0 Å². The van der Waals surface area contributed by atoms with Gasteiger partial charge in [0, 0.05) is 11.9 Å². The molecule has 2 aromatic rings. The van der Waals surface area contributed by atoms with Crippen molar-refractivity contribution >= 4 is 82.1 Å². The number of halogens is 4. The van der Waals surface area contributed by atoms with Crippen LogP contribution < -0.4 is 9.04 Å². The van der Waals surface area contributed by atoms with E-state index in [0.717, 1.165) is 23.2 Å². The second kappa shape index (κ2) is 10.6. The highest BCUT2D eigenvalue weighted by molar-refractivity contribution is 9.93. The molecule has 0 aromatic heterocycles. The van der Waals surface area contributed by atoms with Gasteiger partial charge in [-0.3, -0.25) is 4.31 Å². The maximum absolute atomic E-state index is 13.3. The molecule has 28 heavy (non-hydrogen) atoms. The standard InChI is InChI=1S/C18H20BrNO3S.Br3P/c1-12-8-16(23-3)9-13(2)18(12)24(21,22)20-7-6-15-5-4-14(11-19)10-17(15)20;1-4(2)3/h4-5,8-10H,6-7,11H2,1-3H3;. The lowest BCUT2D eigenvalue weighted by Crippen LogP contribution is -2.30. The number of rotatable bonds is 4. The third-order valence-corrected chi connectivity index (χ3v) is 7.14. The van der Waals surface area contributed by atoms with Crippen molar-refractivity contribution < 1.29 is 13.2 Å². The van der Waals surface area contributed by atoms with Gasteiger partial charge in [0.25, 0.3) is 10.0 Å². The minimum atomic E-state index is -3.60. The molecule has 0 fully saturated rings. The summed E-state index contributed by atoms with van der Waals surface area (Å²) in [5, 5.41) is 0.703. The van der Waals surface area contributed by atoms with Crippen LogP contribution in [-0.4, -0.2) is 22.1 Å². The Hall–Kier alpha value is 0.340. The Labute approximate surface area is 200 Å². The predicted molar refractivity (Wildman–Crippen MR) is 133 cm³/mol. The highest BCUT2D eigenvalue weighted by atomic mass is 80.0. The first kappa shape index (κ1) is 24.6. The second-order valence-corrected chi connectivity index (χ2v) is 23.9. The van der Waals surface area contributed by atoms with E-state index in [2.05, 4.69) is 62.4 Å². The van der Waals surface area contributed by atoms with E-state index in [1.165, 1.54) is 4.31 Å². The molecule has 1 aliphatic heterocycles. The monoisotopic (exact) mass is 677 g/mol. The largest absolute Gasteiger partial charge is 0.497 e. The van der Waals surface area contributed by atoms with Crippen molar-refractivity contribution in [2.45, 2.75) is 30.5 Å². The van der Waals surface area contributed by atoms with Gasteiger partial charge in [-0.1, -0.05) is 28.1 Å². The van der Waals surface area contributed by atoms with Crippen molar-refractivity contribution in [3.05, 3.63) is 52.6 Å². The maximum Gasteiger partial charge on any atom is 0.264 e. The quantitative estimate of drug-likeness (QED) is 0.251. The van der Waals surface area contributed by atoms with Crippen LogP contribution in [0, 0.1) is 13.8 Å². The molecule has 2 aromatic carbocycles. The third kappa shape index (κ3) is 5.73. The molecule has 1 heterocycles. The zero-order valence-electron chi connectivity index (χ0n) is 15.5. The summed E-state index contributed by atoms with van der Waals surface area (Å²) in [6.45, 7) is 4.11. The molecule has 0 radical (unpaired) electrons. The Kier molecular flexibility index (Phi) is 9.30. The summed E-state index contributed by atoms with van der Waals surface area (Å²) in [5.74, 6) is 0.673. The van der Waals surface area contributed by atoms with Gasteiger partial charge >= 0.3 is 0 Å². The van der Waals surface area contributed by atoms with E-state index in [1.54, 1.807) is 19.2 Å². The van der Waals surface area contributed by atoms with Gasteiger partial charge in [0.1, 0.15) is 9.78 Å². The fourth-order valence-corrected chi connectivity index (χ4v) is 5.54. The number of hydrogen-bond acceptors (Lipinski definition) is 3. The summed E-state index contributed by atoms with van der Waals surface area (Å²) in [6.07, 6.45) is 0.741. The number of benzene rings is 2. The van der Waals surface area contributed by atoms with Gasteiger partial charge in [0.2, 0.25) is 0 Å². The molecule has 0 unspecified atom stereocenters. The van der Waals surface area contributed by atoms with Crippen LogP contribution >= 0.6 is 66.4 Å². The Bertz CT molecular complexity index is 928. The Balaban J connectivity index is 0.000000640. The van der Waals surface area contributed by atoms with Crippen molar-refractivity contribution in [2.24, 2.45) is 0 Å². The number of hydrogen-bond donors (Lipinski definition) is 0. The maximum atomic E-state index is 13.3. The Morgan fingerprint density at radius 1 is 1.11 bits per heavy atom. The van der Waals surface area contributed by atoms with Crippen LogP contribution in [0.15, 0.2) is 35.2 Å². The van der Waals surface area contributed by atoms with Crippen molar-refractivity contribution in [1.29, 1.82) is 0 Å². The summed E-state index contributed by atoms with van der Waals surface area (Å²) in [7, 11) is -2.02. The van der Waals surface area contributed by atoms with Gasteiger partial charge in [-0.05, 0) is 107 Å². The molecule has 154 valence electrons. The van der Waals surface area contributed by atoms with Crippen LogP contribution in [0.25, 0.3) is 0 Å². The zero-order valence-corrected chi connectivity index (χ0v) is 23.6. The normalized spacial score (nSPS) is 13.2. The van der Waals surface area contributed by atoms with Crippen LogP contribution in [0.2, 0.25) is 0 Å². The van der Waals surface area contributed by atoms with Gasteiger partial charge in [-0.2, -0.15) is 0 Å². The van der Waals surface area contributed by atoms with Gasteiger partial charge in [-0.25, -0.2) is 8.42 Å². The van der Waals surface area contributed by atoms with E-state index in [-0.39, 0.29) is 4.03 Å². The fourth-order valence-electron chi connectivity index (χ4n) is 3.27. The summed E-state index contributed by atoms with van der Waals surface area (Å²) in [6, 6.07) is 9.56. The first-order valence-corrected chi connectivity index (χ1v) is 18.2. The van der Waals surface area contributed by atoms with E-state index in [4.69, 9.17) is 4.74 Å². The summed E-state index contributed by atoms with van der Waals surface area (Å²) in [4.78, 5) is 0.375. The van der Waals surface area contributed by atoms with Gasteiger partial charge in [-0.15, -0.1) is 0 Å². The smallest absolute Gasteiger partial charge is 0.264 e. The Morgan fingerprint density at radius 2 is 1.68 bits per heavy atom. The molecule has 0 N–H and O–H groups in total. The summed E-state index contributed by atoms with van der Waals surface area (Å²) in [5.41, 5.74) is 4.35. The van der Waals surface area contributed by atoms with Crippen molar-refractivity contribution in [3.63, 3.8) is 0 Å². The van der Waals surface area contributed by atoms with Crippen LogP contribution in [0.5, 0.6) is 5.75 Å². The van der Waals surface area contributed by atoms with Gasteiger partial charge < -0.3 is 4.74 Å². The summed E-state index contributed by atoms with van der Waals surface area (Å²) < 4.78 is 33.2. The molecule has 0 saturated carbocycles. The number of nitrogens with zero attached hydrogens (tertiary/aromatic N) is 1. The molecular formula is C18H20Br4NO3PS. The lowest BCUT2D eigenvalue weighted by molar-refractivity contribution is 0.413. The molecule has 0 atom stereocenters. The van der Waals surface area contributed by atoms with Crippen LogP contribution in [0.4, 0.5) is 5.69 Å².